The highest BCUT2D eigenvalue weighted by molar-refractivity contribution is 6.21. The number of hydrogen-bond acceptors (Lipinski definition) is 4. The third-order valence-corrected chi connectivity index (χ3v) is 3.00. The summed E-state index contributed by atoms with van der Waals surface area (Å²) >= 11 is 0. The van der Waals surface area contributed by atoms with Gasteiger partial charge in [-0.1, -0.05) is 32.9 Å². The molecule has 128 valence electrons. The Morgan fingerprint density at radius 1 is 1.17 bits per heavy atom. The molecule has 24 heavy (non-hydrogen) atoms. The van der Waals surface area contributed by atoms with Crippen LogP contribution in [0, 0.1) is 5.41 Å². The molecule has 0 atom stereocenters. The zero-order valence-corrected chi connectivity index (χ0v) is 13.3. The van der Waals surface area contributed by atoms with E-state index in [-0.39, 0.29) is 17.2 Å². The summed E-state index contributed by atoms with van der Waals surface area (Å²) in [5.74, 6) is -0.507. The average Bonchev–Trinajstić information content (AvgIpc) is 2.97. The van der Waals surface area contributed by atoms with E-state index < -0.39 is 11.8 Å². The van der Waals surface area contributed by atoms with Crippen LogP contribution in [0.15, 0.2) is 36.9 Å². The van der Waals surface area contributed by atoms with Gasteiger partial charge in [0.2, 0.25) is 0 Å². The summed E-state index contributed by atoms with van der Waals surface area (Å²) in [5.41, 5.74) is 0.147. The van der Waals surface area contributed by atoms with Crippen molar-refractivity contribution in [2.75, 3.05) is 0 Å². The summed E-state index contributed by atoms with van der Waals surface area (Å²) in [5, 5.41) is 3.96. The molecule has 0 radical (unpaired) electrons. The number of ketones is 1. The van der Waals surface area contributed by atoms with E-state index >= 15 is 0 Å². The predicted octanol–water partition coefficient (Wildman–Crippen LogP) is 3.79. The topological polar surface area (TPSA) is 57.0 Å². The third-order valence-electron chi connectivity index (χ3n) is 3.00. The lowest BCUT2D eigenvalue weighted by Crippen LogP contribution is -2.24. The summed E-state index contributed by atoms with van der Waals surface area (Å²) in [6.45, 7) is 5.29. The van der Waals surface area contributed by atoms with Crippen LogP contribution in [-0.4, -0.2) is 26.9 Å². The van der Waals surface area contributed by atoms with Crippen LogP contribution in [0.25, 0.3) is 11.8 Å². The SMILES string of the molecule is CC(C)(C)C(=O)/C(=C\c1ccc(OC(F)(F)F)cc1)n1cncn1. The van der Waals surface area contributed by atoms with Gasteiger partial charge in [-0.25, -0.2) is 9.67 Å². The molecule has 8 heteroatoms. The molecule has 0 saturated carbocycles. The number of ether oxygens (including phenoxy) is 1. The van der Waals surface area contributed by atoms with Gasteiger partial charge in [0.05, 0.1) is 0 Å². The zero-order valence-electron chi connectivity index (χ0n) is 13.3. The monoisotopic (exact) mass is 339 g/mol. The van der Waals surface area contributed by atoms with Gasteiger partial charge in [0.1, 0.15) is 24.1 Å². The minimum absolute atomic E-state index is 0.177. The second kappa shape index (κ2) is 6.46. The maximum Gasteiger partial charge on any atom is 0.573 e. The van der Waals surface area contributed by atoms with E-state index in [1.165, 1.54) is 41.6 Å². The summed E-state index contributed by atoms with van der Waals surface area (Å²) in [7, 11) is 0. The lowest BCUT2D eigenvalue weighted by molar-refractivity contribution is -0.274. The van der Waals surface area contributed by atoms with Crippen LogP contribution in [-0.2, 0) is 4.79 Å². The van der Waals surface area contributed by atoms with E-state index in [0.29, 0.717) is 5.56 Å². The minimum Gasteiger partial charge on any atom is -0.406 e. The van der Waals surface area contributed by atoms with Crippen LogP contribution < -0.4 is 4.74 Å². The number of halogens is 3. The number of rotatable bonds is 4. The third kappa shape index (κ3) is 4.68. The van der Waals surface area contributed by atoms with Crippen LogP contribution in [0.1, 0.15) is 26.3 Å². The molecule has 0 aliphatic heterocycles. The second-order valence-corrected chi connectivity index (χ2v) is 6.07. The van der Waals surface area contributed by atoms with Crippen molar-refractivity contribution in [1.82, 2.24) is 14.8 Å². The standard InChI is InChI=1S/C16H16F3N3O2/c1-15(2,3)14(23)13(22-10-20-9-21-22)8-11-4-6-12(7-5-11)24-16(17,18)19/h4-10H,1-3H3/b13-8+. The quantitative estimate of drug-likeness (QED) is 0.795. The van der Waals surface area contributed by atoms with Gasteiger partial charge < -0.3 is 4.74 Å². The Bertz CT molecular complexity index is 727. The first kappa shape index (κ1) is 17.7. The van der Waals surface area contributed by atoms with Crippen molar-refractivity contribution in [2.45, 2.75) is 27.1 Å². The highest BCUT2D eigenvalue weighted by Crippen LogP contribution is 2.26. The average molecular weight is 339 g/mol. The number of allylic oxidation sites excluding steroid dienone is 1. The number of Topliss-reactive ketones (excluding diaryl/α,β-unsaturated/α-hetero) is 1. The number of hydrogen-bond donors (Lipinski definition) is 0. The van der Waals surface area contributed by atoms with Gasteiger partial charge in [0, 0.05) is 5.41 Å². The second-order valence-electron chi connectivity index (χ2n) is 6.07. The first-order valence-corrected chi connectivity index (χ1v) is 7.03. The summed E-state index contributed by atoms with van der Waals surface area (Å²) < 4.78 is 41.7. The molecule has 0 unspecified atom stereocenters. The molecule has 0 aliphatic carbocycles. The Labute approximate surface area is 136 Å². The Kier molecular flexibility index (Phi) is 4.77. The Hall–Kier alpha value is -2.64. The van der Waals surface area contributed by atoms with E-state index in [4.69, 9.17) is 0 Å². The molecule has 0 bridgehead atoms. The van der Waals surface area contributed by atoms with Gasteiger partial charge in [0.15, 0.2) is 5.78 Å². The molecule has 0 N–H and O–H groups in total. The van der Waals surface area contributed by atoms with Gasteiger partial charge >= 0.3 is 6.36 Å². The van der Waals surface area contributed by atoms with E-state index in [1.54, 1.807) is 26.8 Å². The van der Waals surface area contributed by atoms with Crippen molar-refractivity contribution in [3.05, 3.63) is 42.5 Å². The fraction of sp³-hybridized carbons (Fsp3) is 0.312. The van der Waals surface area contributed by atoms with Crippen LogP contribution >= 0.6 is 0 Å². The normalized spacial score (nSPS) is 13.0. The van der Waals surface area contributed by atoms with Gasteiger partial charge in [-0.2, -0.15) is 5.10 Å². The van der Waals surface area contributed by atoms with Gasteiger partial charge in [-0.15, -0.1) is 13.2 Å². The highest BCUT2D eigenvalue weighted by Gasteiger charge is 2.31. The van der Waals surface area contributed by atoms with Gasteiger partial charge in [-0.05, 0) is 23.8 Å². The summed E-state index contributed by atoms with van der Waals surface area (Å²) in [6, 6.07) is 5.21. The van der Waals surface area contributed by atoms with Crippen LogP contribution in [0.4, 0.5) is 13.2 Å². The number of alkyl halides is 3. The van der Waals surface area contributed by atoms with Crippen LogP contribution in [0.2, 0.25) is 0 Å². The molecular weight excluding hydrogens is 323 g/mol. The van der Waals surface area contributed by atoms with Crippen molar-refractivity contribution in [3.8, 4) is 5.75 Å². The van der Waals surface area contributed by atoms with Crippen molar-refractivity contribution in [2.24, 2.45) is 5.41 Å². The number of benzene rings is 1. The maximum absolute atomic E-state index is 12.6. The fourth-order valence-corrected chi connectivity index (χ4v) is 1.88. The molecule has 0 saturated heterocycles. The molecule has 0 spiro atoms. The zero-order chi connectivity index (χ0) is 18.0. The van der Waals surface area contributed by atoms with Crippen molar-refractivity contribution in [1.29, 1.82) is 0 Å². The molecule has 2 aromatic rings. The van der Waals surface area contributed by atoms with E-state index in [1.807, 2.05) is 0 Å². The fourth-order valence-electron chi connectivity index (χ4n) is 1.88. The molecule has 1 heterocycles. The molecule has 0 fully saturated rings. The Morgan fingerprint density at radius 3 is 2.25 bits per heavy atom. The Morgan fingerprint density at radius 2 is 1.79 bits per heavy atom. The van der Waals surface area contributed by atoms with E-state index in [0.717, 1.165) is 0 Å². The van der Waals surface area contributed by atoms with Crippen molar-refractivity contribution in [3.63, 3.8) is 0 Å². The number of aromatic nitrogens is 3. The van der Waals surface area contributed by atoms with E-state index in [9.17, 15) is 18.0 Å². The van der Waals surface area contributed by atoms with Gasteiger partial charge in [-0.3, -0.25) is 4.79 Å². The molecule has 0 amide bonds. The van der Waals surface area contributed by atoms with Crippen LogP contribution in [0.3, 0.4) is 0 Å². The van der Waals surface area contributed by atoms with Crippen LogP contribution in [0.5, 0.6) is 5.75 Å². The number of carbonyl (C=O) groups excluding carboxylic acids is 1. The van der Waals surface area contributed by atoms with Crippen molar-refractivity contribution >= 4 is 17.6 Å². The smallest absolute Gasteiger partial charge is 0.406 e. The molecule has 1 aromatic carbocycles. The minimum atomic E-state index is -4.74. The lowest BCUT2D eigenvalue weighted by Gasteiger charge is -2.18. The predicted molar refractivity (Wildman–Crippen MR) is 81.8 cm³/mol. The summed E-state index contributed by atoms with van der Waals surface area (Å²) in [6.07, 6.45) is -0.522. The summed E-state index contributed by atoms with van der Waals surface area (Å²) in [4.78, 5) is 16.4. The molecule has 2 rings (SSSR count). The van der Waals surface area contributed by atoms with Crippen molar-refractivity contribution < 1.29 is 22.7 Å². The highest BCUT2D eigenvalue weighted by atomic mass is 19.4. The molecular formula is C16H16F3N3O2. The Balaban J connectivity index is 2.35. The maximum atomic E-state index is 12.6. The first-order chi connectivity index (χ1) is 11.1. The first-order valence-electron chi connectivity index (χ1n) is 7.03. The lowest BCUT2D eigenvalue weighted by atomic mass is 9.88. The van der Waals surface area contributed by atoms with E-state index in [2.05, 4.69) is 14.8 Å². The number of carbonyl (C=O) groups is 1. The molecule has 1 aromatic heterocycles. The molecule has 0 aliphatic rings. The van der Waals surface area contributed by atoms with Gasteiger partial charge in [0.25, 0.3) is 0 Å². The largest absolute Gasteiger partial charge is 0.573 e. The number of nitrogens with zero attached hydrogens (tertiary/aromatic N) is 3. The molecule has 5 nitrogen and oxygen atoms in total.